The van der Waals surface area contributed by atoms with Crippen LogP contribution >= 0.6 is 11.8 Å². The minimum atomic E-state index is -0.809. The number of carbonyl (C=O) groups excluding carboxylic acids is 2. The van der Waals surface area contributed by atoms with E-state index in [9.17, 15) is 9.59 Å². The van der Waals surface area contributed by atoms with Crippen LogP contribution in [-0.2, 0) is 4.79 Å². The lowest BCUT2D eigenvalue weighted by Gasteiger charge is -2.19. The number of imide groups is 1. The first kappa shape index (κ1) is 16.6. The van der Waals surface area contributed by atoms with E-state index in [1.165, 1.54) is 17.3 Å². The maximum atomic E-state index is 11.9. The van der Waals surface area contributed by atoms with Crippen molar-refractivity contribution < 1.29 is 9.59 Å². The van der Waals surface area contributed by atoms with Crippen LogP contribution in [0, 0.1) is 5.92 Å². The Bertz CT molecular complexity index is 469. The van der Waals surface area contributed by atoms with Crippen molar-refractivity contribution in [2.24, 2.45) is 11.7 Å². The molecule has 0 fully saturated rings. The fourth-order valence-corrected chi connectivity index (χ4v) is 2.79. The number of nitrogens with two attached hydrogens (primary N) is 1. The molecule has 1 aromatic carbocycles. The van der Waals surface area contributed by atoms with Gasteiger partial charge in [0, 0.05) is 4.90 Å². The number of carbonyl (C=O) groups is 2. The molecule has 1 aromatic rings. The number of primary amides is 1. The van der Waals surface area contributed by atoms with Gasteiger partial charge in [0.2, 0.25) is 5.91 Å². The molecule has 0 aromatic heterocycles. The highest BCUT2D eigenvalue weighted by atomic mass is 32.2. The number of hydrogen-bond acceptors (Lipinski definition) is 3. The standard InChI is InChI=1S/C15H22N2O2S/c1-9(2)11-5-7-12(8-6-11)20-13(10(3)4)14(18)17-15(16)19/h5-10,13H,1-4H3,(H3,16,17,18,19). The molecule has 0 radical (unpaired) electrons. The van der Waals surface area contributed by atoms with Crippen LogP contribution in [0.1, 0.15) is 39.2 Å². The average molecular weight is 294 g/mol. The maximum absolute atomic E-state index is 11.9. The second-order valence-electron chi connectivity index (χ2n) is 5.36. The van der Waals surface area contributed by atoms with Crippen molar-refractivity contribution in [1.82, 2.24) is 5.32 Å². The van der Waals surface area contributed by atoms with Crippen LogP contribution in [0.15, 0.2) is 29.2 Å². The van der Waals surface area contributed by atoms with Gasteiger partial charge in [-0.05, 0) is 29.5 Å². The van der Waals surface area contributed by atoms with Crippen molar-refractivity contribution in [2.75, 3.05) is 0 Å². The second-order valence-corrected chi connectivity index (χ2v) is 6.57. The van der Waals surface area contributed by atoms with Crippen molar-refractivity contribution in [3.05, 3.63) is 29.8 Å². The van der Waals surface area contributed by atoms with E-state index in [1.807, 2.05) is 26.0 Å². The van der Waals surface area contributed by atoms with Gasteiger partial charge in [0.1, 0.15) is 0 Å². The van der Waals surface area contributed by atoms with Crippen LogP contribution in [0.4, 0.5) is 4.79 Å². The largest absolute Gasteiger partial charge is 0.351 e. The lowest BCUT2D eigenvalue weighted by Crippen LogP contribution is -2.42. The molecule has 0 aliphatic rings. The molecular weight excluding hydrogens is 272 g/mol. The number of benzene rings is 1. The second kappa shape index (κ2) is 7.33. The number of urea groups is 1. The summed E-state index contributed by atoms with van der Waals surface area (Å²) in [6, 6.07) is 7.34. The van der Waals surface area contributed by atoms with E-state index in [2.05, 4.69) is 31.3 Å². The van der Waals surface area contributed by atoms with Gasteiger partial charge >= 0.3 is 6.03 Å². The molecule has 1 rings (SSSR count). The Morgan fingerprint density at radius 1 is 1.10 bits per heavy atom. The zero-order valence-electron chi connectivity index (χ0n) is 12.3. The summed E-state index contributed by atoms with van der Waals surface area (Å²) in [7, 11) is 0. The summed E-state index contributed by atoms with van der Waals surface area (Å²) in [5.41, 5.74) is 6.26. The summed E-state index contributed by atoms with van der Waals surface area (Å²) in [5.74, 6) is 0.239. The first-order valence-electron chi connectivity index (χ1n) is 6.68. The van der Waals surface area contributed by atoms with Gasteiger partial charge < -0.3 is 5.73 Å². The maximum Gasteiger partial charge on any atom is 0.318 e. The van der Waals surface area contributed by atoms with Crippen LogP contribution in [0.2, 0.25) is 0 Å². The summed E-state index contributed by atoms with van der Waals surface area (Å²) in [6.45, 7) is 8.17. The van der Waals surface area contributed by atoms with Gasteiger partial charge in [-0.2, -0.15) is 0 Å². The first-order chi connectivity index (χ1) is 9.31. The molecule has 4 nitrogen and oxygen atoms in total. The molecule has 0 bridgehead atoms. The Hall–Kier alpha value is -1.49. The molecule has 0 saturated heterocycles. The summed E-state index contributed by atoms with van der Waals surface area (Å²) in [6.07, 6.45) is 0. The molecular formula is C15H22N2O2S. The number of amides is 3. The van der Waals surface area contributed by atoms with E-state index >= 15 is 0 Å². The molecule has 5 heteroatoms. The van der Waals surface area contributed by atoms with Gasteiger partial charge in [-0.25, -0.2) is 4.79 Å². The topological polar surface area (TPSA) is 72.2 Å². The normalized spacial score (nSPS) is 12.5. The number of hydrogen-bond donors (Lipinski definition) is 2. The summed E-state index contributed by atoms with van der Waals surface area (Å²) in [4.78, 5) is 23.7. The molecule has 3 amide bonds. The van der Waals surface area contributed by atoms with Crippen LogP contribution in [-0.4, -0.2) is 17.2 Å². The van der Waals surface area contributed by atoms with E-state index < -0.39 is 6.03 Å². The number of rotatable bonds is 5. The van der Waals surface area contributed by atoms with Crippen LogP contribution in [0.5, 0.6) is 0 Å². The van der Waals surface area contributed by atoms with Gasteiger partial charge in [-0.1, -0.05) is 39.8 Å². The Morgan fingerprint density at radius 2 is 1.65 bits per heavy atom. The monoisotopic (exact) mass is 294 g/mol. The van der Waals surface area contributed by atoms with Crippen LogP contribution in [0.25, 0.3) is 0 Å². The lowest BCUT2D eigenvalue weighted by atomic mass is 10.0. The van der Waals surface area contributed by atoms with Gasteiger partial charge in [0.05, 0.1) is 5.25 Å². The smallest absolute Gasteiger partial charge is 0.318 e. The van der Waals surface area contributed by atoms with Crippen molar-refractivity contribution in [3.63, 3.8) is 0 Å². The minimum Gasteiger partial charge on any atom is -0.351 e. The Labute approximate surface area is 124 Å². The minimum absolute atomic E-state index is 0.101. The van der Waals surface area contributed by atoms with Crippen LogP contribution < -0.4 is 11.1 Å². The van der Waals surface area contributed by atoms with Crippen molar-refractivity contribution in [1.29, 1.82) is 0 Å². The van der Waals surface area contributed by atoms with Crippen LogP contribution in [0.3, 0.4) is 0 Å². The summed E-state index contributed by atoms with van der Waals surface area (Å²) >= 11 is 1.45. The zero-order valence-corrected chi connectivity index (χ0v) is 13.2. The highest BCUT2D eigenvalue weighted by molar-refractivity contribution is 8.00. The highest BCUT2D eigenvalue weighted by Gasteiger charge is 2.24. The van der Waals surface area contributed by atoms with Crippen molar-refractivity contribution in [3.8, 4) is 0 Å². The molecule has 110 valence electrons. The molecule has 1 atom stereocenters. The zero-order chi connectivity index (χ0) is 15.3. The third kappa shape index (κ3) is 4.89. The van der Waals surface area contributed by atoms with Gasteiger partial charge in [-0.3, -0.25) is 10.1 Å². The summed E-state index contributed by atoms with van der Waals surface area (Å²) < 4.78 is 0. The fraction of sp³-hybridized carbons (Fsp3) is 0.467. The third-order valence-electron chi connectivity index (χ3n) is 2.92. The predicted molar refractivity (Wildman–Crippen MR) is 82.7 cm³/mol. The van der Waals surface area contributed by atoms with E-state index in [4.69, 9.17) is 5.73 Å². The average Bonchev–Trinajstić information content (AvgIpc) is 2.35. The number of thioether (sulfide) groups is 1. The third-order valence-corrected chi connectivity index (χ3v) is 4.48. The Balaban J connectivity index is 2.80. The molecule has 0 saturated carbocycles. The van der Waals surface area contributed by atoms with Crippen molar-refractivity contribution in [2.45, 2.75) is 43.8 Å². The molecule has 0 spiro atoms. The SMILES string of the molecule is CC(C)c1ccc(SC(C(=O)NC(N)=O)C(C)C)cc1. The molecule has 3 N–H and O–H groups in total. The molecule has 20 heavy (non-hydrogen) atoms. The highest BCUT2D eigenvalue weighted by Crippen LogP contribution is 2.29. The van der Waals surface area contributed by atoms with Crippen molar-refractivity contribution >= 4 is 23.7 Å². The van der Waals surface area contributed by atoms with E-state index in [0.29, 0.717) is 5.92 Å². The van der Waals surface area contributed by atoms with E-state index in [-0.39, 0.29) is 17.1 Å². The lowest BCUT2D eigenvalue weighted by molar-refractivity contribution is -0.120. The number of nitrogens with one attached hydrogen (secondary N) is 1. The van der Waals surface area contributed by atoms with Gasteiger partial charge in [-0.15, -0.1) is 11.8 Å². The molecule has 0 heterocycles. The quantitative estimate of drug-likeness (QED) is 0.820. The first-order valence-corrected chi connectivity index (χ1v) is 7.56. The predicted octanol–water partition coefficient (Wildman–Crippen LogP) is 3.12. The van der Waals surface area contributed by atoms with Gasteiger partial charge in [0.15, 0.2) is 0 Å². The molecule has 1 unspecified atom stereocenters. The van der Waals surface area contributed by atoms with Gasteiger partial charge in [0.25, 0.3) is 0 Å². The van der Waals surface area contributed by atoms with E-state index in [1.54, 1.807) is 0 Å². The Morgan fingerprint density at radius 3 is 2.05 bits per heavy atom. The molecule has 0 aliphatic heterocycles. The van der Waals surface area contributed by atoms with E-state index in [0.717, 1.165) is 4.90 Å². The fourth-order valence-electron chi connectivity index (χ4n) is 1.76. The molecule has 0 aliphatic carbocycles. The summed E-state index contributed by atoms with van der Waals surface area (Å²) in [5, 5.41) is 1.81. The Kier molecular flexibility index (Phi) is 6.07.